The molecule has 3 heteroatoms. The van der Waals surface area contributed by atoms with Gasteiger partial charge in [-0.2, -0.15) is 0 Å². The Balaban J connectivity index is 2.67. The van der Waals surface area contributed by atoms with Crippen LogP contribution in [0.5, 0.6) is 0 Å². The van der Waals surface area contributed by atoms with Gasteiger partial charge < -0.3 is 5.73 Å². The van der Waals surface area contributed by atoms with Crippen molar-refractivity contribution in [2.45, 2.75) is 32.7 Å². The summed E-state index contributed by atoms with van der Waals surface area (Å²) in [6.45, 7) is 6.10. The van der Waals surface area contributed by atoms with Crippen molar-refractivity contribution in [2.24, 2.45) is 10.7 Å². The number of nitrogens with zero attached hydrogens (tertiary/aromatic N) is 2. The zero-order chi connectivity index (χ0) is 10.6. The van der Waals surface area contributed by atoms with Crippen LogP contribution < -0.4 is 5.73 Å². The number of aromatic nitrogens is 1. The number of amidine groups is 1. The van der Waals surface area contributed by atoms with Gasteiger partial charge in [0.15, 0.2) is 0 Å². The lowest BCUT2D eigenvalue weighted by molar-refractivity contribution is 0.581. The summed E-state index contributed by atoms with van der Waals surface area (Å²) in [5.41, 5.74) is 6.87. The minimum Gasteiger partial charge on any atom is -0.387 e. The molecular formula is C11H17N3. The van der Waals surface area contributed by atoms with Crippen LogP contribution in [0.2, 0.25) is 0 Å². The smallest absolute Gasteiger partial charge is 0.0988 e. The molecule has 2 N–H and O–H groups in total. The van der Waals surface area contributed by atoms with Crippen molar-refractivity contribution < 1.29 is 0 Å². The Kier molecular flexibility index (Phi) is 3.23. The van der Waals surface area contributed by atoms with Crippen molar-refractivity contribution in [2.75, 3.05) is 0 Å². The molecule has 0 saturated heterocycles. The Morgan fingerprint density at radius 1 is 1.36 bits per heavy atom. The maximum absolute atomic E-state index is 5.82. The van der Waals surface area contributed by atoms with E-state index < -0.39 is 0 Å². The fraction of sp³-hybridized carbons (Fsp3) is 0.455. The van der Waals surface area contributed by atoms with E-state index in [-0.39, 0.29) is 5.54 Å². The summed E-state index contributed by atoms with van der Waals surface area (Å²) < 4.78 is 0. The summed E-state index contributed by atoms with van der Waals surface area (Å²) in [6.07, 6.45) is 4.22. The minimum absolute atomic E-state index is 0.100. The third-order valence-electron chi connectivity index (χ3n) is 1.61. The molecule has 1 aromatic rings. The Hall–Kier alpha value is -1.38. The third kappa shape index (κ3) is 4.03. The molecule has 0 unspecified atom stereocenters. The van der Waals surface area contributed by atoms with Gasteiger partial charge in [0.25, 0.3) is 0 Å². The molecule has 14 heavy (non-hydrogen) atoms. The number of pyridine rings is 1. The molecule has 0 amide bonds. The normalized spacial score (nSPS) is 12.9. The van der Waals surface area contributed by atoms with Gasteiger partial charge >= 0.3 is 0 Å². The van der Waals surface area contributed by atoms with E-state index in [1.807, 2.05) is 32.9 Å². The first-order valence-corrected chi connectivity index (χ1v) is 4.70. The van der Waals surface area contributed by atoms with Crippen molar-refractivity contribution in [3.8, 4) is 0 Å². The van der Waals surface area contributed by atoms with E-state index in [9.17, 15) is 0 Å². The lowest BCUT2D eigenvalue weighted by Crippen LogP contribution is -2.22. The number of hydrogen-bond acceptors (Lipinski definition) is 2. The van der Waals surface area contributed by atoms with Gasteiger partial charge in [-0.1, -0.05) is 0 Å². The van der Waals surface area contributed by atoms with Gasteiger partial charge in [-0.05, 0) is 38.5 Å². The van der Waals surface area contributed by atoms with Crippen LogP contribution in [-0.2, 0) is 6.42 Å². The van der Waals surface area contributed by atoms with E-state index in [1.165, 1.54) is 0 Å². The fourth-order valence-corrected chi connectivity index (χ4v) is 1.18. The Bertz CT molecular complexity index is 309. The van der Waals surface area contributed by atoms with Crippen molar-refractivity contribution in [1.82, 2.24) is 4.98 Å². The molecule has 0 aliphatic rings. The zero-order valence-electron chi connectivity index (χ0n) is 8.99. The molecule has 1 heterocycles. The van der Waals surface area contributed by atoms with Crippen LogP contribution >= 0.6 is 0 Å². The number of nitrogens with two attached hydrogens (primary N) is 1. The molecule has 0 fully saturated rings. The number of aliphatic imine (C=N–C) groups is 1. The van der Waals surface area contributed by atoms with Gasteiger partial charge in [-0.3, -0.25) is 9.98 Å². The van der Waals surface area contributed by atoms with Crippen molar-refractivity contribution in [1.29, 1.82) is 0 Å². The summed E-state index contributed by atoms with van der Waals surface area (Å²) in [5.74, 6) is 0.670. The Morgan fingerprint density at radius 2 is 1.93 bits per heavy atom. The molecule has 3 nitrogen and oxygen atoms in total. The van der Waals surface area contributed by atoms with Crippen LogP contribution in [0.3, 0.4) is 0 Å². The van der Waals surface area contributed by atoms with Gasteiger partial charge in [-0.15, -0.1) is 0 Å². The van der Waals surface area contributed by atoms with E-state index in [2.05, 4.69) is 9.98 Å². The number of hydrogen-bond donors (Lipinski definition) is 1. The second-order valence-corrected chi connectivity index (χ2v) is 4.31. The average Bonchev–Trinajstić information content (AvgIpc) is 2.02. The highest BCUT2D eigenvalue weighted by Gasteiger charge is 2.08. The molecule has 0 spiro atoms. The topological polar surface area (TPSA) is 51.3 Å². The Morgan fingerprint density at radius 3 is 2.43 bits per heavy atom. The monoisotopic (exact) mass is 191 g/mol. The molecule has 0 saturated carbocycles. The van der Waals surface area contributed by atoms with Crippen LogP contribution in [0.25, 0.3) is 0 Å². The van der Waals surface area contributed by atoms with Gasteiger partial charge in [0.1, 0.15) is 0 Å². The zero-order valence-corrected chi connectivity index (χ0v) is 8.99. The first-order chi connectivity index (χ1) is 6.47. The predicted molar refractivity (Wildman–Crippen MR) is 59.3 cm³/mol. The quantitative estimate of drug-likeness (QED) is 0.572. The molecule has 1 rings (SSSR count). The molecule has 0 radical (unpaired) electrons. The summed E-state index contributed by atoms with van der Waals surface area (Å²) in [7, 11) is 0. The highest BCUT2D eigenvalue weighted by molar-refractivity contribution is 5.82. The minimum atomic E-state index is -0.100. The Labute approximate surface area is 85.1 Å². The second kappa shape index (κ2) is 4.22. The van der Waals surface area contributed by atoms with Crippen molar-refractivity contribution >= 4 is 5.84 Å². The van der Waals surface area contributed by atoms with Crippen molar-refractivity contribution in [3.63, 3.8) is 0 Å². The first-order valence-electron chi connectivity index (χ1n) is 4.70. The predicted octanol–water partition coefficient (Wildman–Crippen LogP) is 1.78. The lowest BCUT2D eigenvalue weighted by Gasteiger charge is -2.13. The molecule has 76 valence electrons. The van der Waals surface area contributed by atoms with Gasteiger partial charge in [-0.25, -0.2) is 0 Å². The molecule has 0 atom stereocenters. The summed E-state index contributed by atoms with van der Waals surface area (Å²) in [4.78, 5) is 8.33. The second-order valence-electron chi connectivity index (χ2n) is 4.31. The summed E-state index contributed by atoms with van der Waals surface area (Å²) >= 11 is 0. The molecule has 0 aromatic carbocycles. The SMILES string of the molecule is CC(C)(C)N=C(N)Cc1ccncc1. The largest absolute Gasteiger partial charge is 0.387 e. The van der Waals surface area contributed by atoms with E-state index in [0.717, 1.165) is 5.56 Å². The van der Waals surface area contributed by atoms with Crippen LogP contribution in [0.15, 0.2) is 29.5 Å². The van der Waals surface area contributed by atoms with Crippen molar-refractivity contribution in [3.05, 3.63) is 30.1 Å². The molecule has 1 aromatic heterocycles. The van der Waals surface area contributed by atoms with E-state index in [1.54, 1.807) is 12.4 Å². The maximum atomic E-state index is 5.82. The summed E-state index contributed by atoms with van der Waals surface area (Å²) in [5, 5.41) is 0. The van der Waals surface area contributed by atoms with Crippen LogP contribution in [-0.4, -0.2) is 16.4 Å². The average molecular weight is 191 g/mol. The standard InChI is InChI=1S/C11H17N3/c1-11(2,3)14-10(12)8-9-4-6-13-7-5-9/h4-7H,8H2,1-3H3,(H2,12,14). The number of rotatable bonds is 2. The molecular weight excluding hydrogens is 174 g/mol. The fourth-order valence-electron chi connectivity index (χ4n) is 1.18. The van der Waals surface area contributed by atoms with Gasteiger partial charge in [0, 0.05) is 18.8 Å². The van der Waals surface area contributed by atoms with Crippen LogP contribution in [0.4, 0.5) is 0 Å². The van der Waals surface area contributed by atoms with E-state index >= 15 is 0 Å². The van der Waals surface area contributed by atoms with Crippen LogP contribution in [0, 0.1) is 0 Å². The molecule has 0 aliphatic carbocycles. The lowest BCUT2D eigenvalue weighted by atomic mass is 10.1. The molecule has 0 aliphatic heterocycles. The highest BCUT2D eigenvalue weighted by atomic mass is 14.9. The van der Waals surface area contributed by atoms with Crippen LogP contribution in [0.1, 0.15) is 26.3 Å². The van der Waals surface area contributed by atoms with E-state index in [4.69, 9.17) is 5.73 Å². The van der Waals surface area contributed by atoms with E-state index in [0.29, 0.717) is 12.3 Å². The highest BCUT2D eigenvalue weighted by Crippen LogP contribution is 2.07. The van der Waals surface area contributed by atoms with Gasteiger partial charge in [0.05, 0.1) is 11.4 Å². The first kappa shape index (κ1) is 10.7. The molecule has 0 bridgehead atoms. The summed E-state index contributed by atoms with van der Waals surface area (Å²) in [6, 6.07) is 3.90. The third-order valence-corrected chi connectivity index (χ3v) is 1.61. The maximum Gasteiger partial charge on any atom is 0.0988 e. The van der Waals surface area contributed by atoms with Gasteiger partial charge in [0.2, 0.25) is 0 Å².